The fraction of sp³-hybridized carbons (Fsp3) is 0.316. The maximum atomic E-state index is 13.4. The maximum Gasteiger partial charge on any atom is 0.234 e. The van der Waals surface area contributed by atoms with Crippen molar-refractivity contribution < 1.29 is 57.0 Å². The first-order valence-electron chi connectivity index (χ1n) is 24.3. The quantitative estimate of drug-likeness (QED) is 0.179. The van der Waals surface area contributed by atoms with E-state index in [1.165, 1.54) is 4.90 Å². The zero-order valence-corrected chi connectivity index (χ0v) is 41.3. The molecule has 13 aliphatic rings. The van der Waals surface area contributed by atoms with E-state index in [-0.39, 0.29) is 96.6 Å². The highest BCUT2D eigenvalue weighted by Gasteiger charge is 2.24. The van der Waals surface area contributed by atoms with E-state index >= 15 is 0 Å². The van der Waals surface area contributed by atoms with Gasteiger partial charge >= 0.3 is 0 Å². The highest BCUT2D eigenvalue weighted by atomic mass is 16.6. The van der Waals surface area contributed by atoms with Gasteiger partial charge in [0.15, 0.2) is 34.5 Å². The summed E-state index contributed by atoms with van der Waals surface area (Å²) in [6.45, 7) is 1.56. The van der Waals surface area contributed by atoms with Crippen LogP contribution in [0.15, 0.2) is 109 Å². The van der Waals surface area contributed by atoms with Crippen LogP contribution in [0.3, 0.4) is 0 Å². The van der Waals surface area contributed by atoms with Gasteiger partial charge in [-0.25, -0.2) is 0 Å². The van der Waals surface area contributed by atoms with Crippen molar-refractivity contribution in [3.63, 3.8) is 0 Å². The van der Waals surface area contributed by atoms with E-state index in [0.29, 0.717) is 71.0 Å². The minimum atomic E-state index is -0.350. The van der Waals surface area contributed by atoms with Gasteiger partial charge in [-0.1, -0.05) is 36.4 Å². The van der Waals surface area contributed by atoms with E-state index in [1.54, 1.807) is 21.3 Å². The summed E-state index contributed by atoms with van der Waals surface area (Å²) in [7, 11) is 4.90. The summed E-state index contributed by atoms with van der Waals surface area (Å²) in [5.74, 6) is 4.34. The molecule has 0 fully saturated rings. The van der Waals surface area contributed by atoms with Crippen molar-refractivity contribution in [3.05, 3.63) is 159 Å². The first-order chi connectivity index (χ1) is 35.7. The molecule has 3 N–H and O–H groups in total. The average molecular weight is 993 g/mol. The smallest absolute Gasteiger partial charge is 0.234 e. The summed E-state index contributed by atoms with van der Waals surface area (Å²) in [4.78, 5) is 41.6. The SMILES string of the molecule is COc1cc2c3cc1OCCOc1ccc(cc1)CNC(=O)CN1CC(=O)NCc4ccc(cc4)OCCOc4cc(c(cc4OC)C3)Cc3cc(OC)c(cc3C2)OCCOc2ccc(cc2)CNC(=O)C1. The zero-order chi connectivity index (χ0) is 50.5. The number of carbonyl (C=O) groups excluding carboxylic acids is 3. The molecule has 16 bridgehead atoms. The largest absolute Gasteiger partial charge is 0.493 e. The van der Waals surface area contributed by atoms with Gasteiger partial charge in [-0.2, -0.15) is 0 Å². The molecule has 12 aliphatic heterocycles. The Bertz CT molecular complexity index is 2580. The number of rotatable bonds is 3. The summed E-state index contributed by atoms with van der Waals surface area (Å²) in [6, 6.07) is 34.5. The molecule has 0 unspecified atom stereocenters. The molecule has 16 nitrogen and oxygen atoms in total. The van der Waals surface area contributed by atoms with Gasteiger partial charge in [0.05, 0.1) is 41.0 Å². The van der Waals surface area contributed by atoms with Crippen LogP contribution in [0.1, 0.15) is 50.1 Å². The molecular formula is C57H60N4O12. The minimum Gasteiger partial charge on any atom is -0.493 e. The highest BCUT2D eigenvalue weighted by molar-refractivity contribution is 5.84. The van der Waals surface area contributed by atoms with E-state index in [0.717, 1.165) is 50.1 Å². The number of fused-ring (bicyclic) bond motifs is 1. The van der Waals surface area contributed by atoms with Crippen LogP contribution in [-0.2, 0) is 53.3 Å². The van der Waals surface area contributed by atoms with E-state index < -0.39 is 0 Å². The molecule has 3 amide bonds. The number of methoxy groups -OCH3 is 3. The highest BCUT2D eigenvalue weighted by Crippen LogP contribution is 2.41. The van der Waals surface area contributed by atoms with Gasteiger partial charge in [-0.3, -0.25) is 19.3 Å². The summed E-state index contributed by atoms with van der Waals surface area (Å²) in [5, 5.41) is 8.77. The fourth-order valence-corrected chi connectivity index (χ4v) is 8.94. The Kier molecular flexibility index (Phi) is 16.3. The number of benzene rings is 6. The van der Waals surface area contributed by atoms with Crippen LogP contribution in [0.2, 0.25) is 0 Å². The van der Waals surface area contributed by atoms with Crippen molar-refractivity contribution in [1.29, 1.82) is 0 Å². The summed E-state index contributed by atoms with van der Waals surface area (Å²) >= 11 is 0. The Morgan fingerprint density at radius 3 is 0.904 bits per heavy atom. The molecule has 0 radical (unpaired) electrons. The Morgan fingerprint density at radius 1 is 0.370 bits per heavy atom. The third kappa shape index (κ3) is 13.3. The van der Waals surface area contributed by atoms with Crippen LogP contribution in [0.25, 0.3) is 0 Å². The van der Waals surface area contributed by atoms with Crippen LogP contribution >= 0.6 is 0 Å². The average Bonchev–Trinajstić information content (AvgIpc) is 3.45. The molecule has 1 aliphatic carbocycles. The number of nitrogens with zero attached hydrogens (tertiary/aromatic N) is 1. The molecule has 0 saturated carbocycles. The lowest BCUT2D eigenvalue weighted by atomic mass is 9.94. The monoisotopic (exact) mass is 992 g/mol. The van der Waals surface area contributed by atoms with Gasteiger partial charge in [0.1, 0.15) is 56.9 Å². The van der Waals surface area contributed by atoms with Crippen molar-refractivity contribution in [2.24, 2.45) is 0 Å². The van der Waals surface area contributed by atoms with E-state index in [9.17, 15) is 14.4 Å². The third-order valence-electron chi connectivity index (χ3n) is 12.8. The van der Waals surface area contributed by atoms with Crippen molar-refractivity contribution in [1.82, 2.24) is 20.9 Å². The molecule has 0 aromatic heterocycles. The summed E-state index contributed by atoms with van der Waals surface area (Å²) < 4.78 is 55.3. The topological polar surface area (TPSA) is 174 Å². The molecule has 0 saturated heterocycles. The van der Waals surface area contributed by atoms with Gasteiger partial charge < -0.3 is 58.6 Å². The van der Waals surface area contributed by atoms with Gasteiger partial charge in [0.25, 0.3) is 0 Å². The second-order valence-electron chi connectivity index (χ2n) is 17.8. The second kappa shape index (κ2) is 23.9. The zero-order valence-electron chi connectivity index (χ0n) is 41.3. The van der Waals surface area contributed by atoms with Crippen LogP contribution in [0.5, 0.6) is 51.7 Å². The number of carbonyl (C=O) groups is 3. The van der Waals surface area contributed by atoms with Gasteiger partial charge in [-0.15, -0.1) is 0 Å². The lowest BCUT2D eigenvalue weighted by Gasteiger charge is -2.21. The molecule has 6 aromatic carbocycles. The molecule has 12 heterocycles. The third-order valence-corrected chi connectivity index (χ3v) is 12.8. The second-order valence-corrected chi connectivity index (χ2v) is 17.8. The molecule has 16 heteroatoms. The van der Waals surface area contributed by atoms with Crippen molar-refractivity contribution in [3.8, 4) is 51.7 Å². The molecule has 380 valence electrons. The number of hydrogen-bond acceptors (Lipinski definition) is 13. The molecule has 6 aromatic rings. The standard InChI is InChI=1S/C57H60N4O12/c1-65-49-25-40-22-44-29-53-51(67-3)27-42(44)24-45-30-54-50(66-2)26-41(45)23-43(40)28-52(49)71-19-16-68-46-10-4-37(5-11-46)31-58-55(62)34-61(35-56(63)59-32-38-6-12-47(13-7-38)69-17-20-72-53)36-57(64)60-33-39-8-14-48(15-9-39)70-18-21-73-54/h4-15,25-30H,16-24,31-36H2,1-3H3,(H,58,62)(H,59,63)(H,60,64). The molecule has 73 heavy (non-hydrogen) atoms. The Morgan fingerprint density at radius 2 is 0.630 bits per heavy atom. The number of amides is 3. The Labute approximate surface area is 424 Å². The molecular weight excluding hydrogens is 933 g/mol. The van der Waals surface area contributed by atoms with Gasteiger partial charge in [0, 0.05) is 19.6 Å². The maximum absolute atomic E-state index is 13.4. The molecule has 0 spiro atoms. The normalized spacial score (nSPS) is 16.1. The Hall–Kier alpha value is -8.11. The summed E-state index contributed by atoms with van der Waals surface area (Å²) in [6.07, 6.45) is 1.69. The van der Waals surface area contributed by atoms with Gasteiger partial charge in [0.2, 0.25) is 17.7 Å². The molecule has 0 atom stereocenters. The summed E-state index contributed by atoms with van der Waals surface area (Å²) in [5.41, 5.74) is 8.79. The number of ether oxygens (including phenoxy) is 9. The van der Waals surface area contributed by atoms with Crippen LogP contribution < -0.4 is 58.6 Å². The Balaban J connectivity index is 1.09. The van der Waals surface area contributed by atoms with Crippen molar-refractivity contribution >= 4 is 17.7 Å². The number of nitrogens with one attached hydrogen (secondary N) is 3. The van der Waals surface area contributed by atoms with E-state index in [2.05, 4.69) is 34.1 Å². The predicted octanol–water partition coefficient (Wildman–Crippen LogP) is 6.35. The minimum absolute atomic E-state index is 0.193. The first kappa shape index (κ1) is 49.9. The van der Waals surface area contributed by atoms with E-state index in [1.807, 2.05) is 91.0 Å². The fourth-order valence-electron chi connectivity index (χ4n) is 8.94. The number of hydrogen-bond donors (Lipinski definition) is 3. The van der Waals surface area contributed by atoms with Crippen LogP contribution in [0, 0.1) is 0 Å². The predicted molar refractivity (Wildman–Crippen MR) is 272 cm³/mol. The van der Waals surface area contributed by atoms with Crippen LogP contribution in [0.4, 0.5) is 0 Å². The lowest BCUT2D eigenvalue weighted by molar-refractivity contribution is -0.127. The first-order valence-corrected chi connectivity index (χ1v) is 24.3. The van der Waals surface area contributed by atoms with Crippen LogP contribution in [-0.4, -0.2) is 103 Å². The van der Waals surface area contributed by atoms with Crippen molar-refractivity contribution in [2.75, 3.05) is 80.6 Å². The van der Waals surface area contributed by atoms with Gasteiger partial charge in [-0.05, 0) is 142 Å². The van der Waals surface area contributed by atoms with E-state index in [4.69, 9.17) is 42.6 Å². The van der Waals surface area contributed by atoms with Crippen molar-refractivity contribution in [2.45, 2.75) is 38.9 Å². The molecule has 19 rings (SSSR count). The lowest BCUT2D eigenvalue weighted by Crippen LogP contribution is -2.46.